The number of amides is 2. The molecule has 0 radical (unpaired) electrons. The van der Waals surface area contributed by atoms with Crippen LogP contribution in [0.25, 0.3) is 0 Å². The number of rotatable bonds is 5. The summed E-state index contributed by atoms with van der Waals surface area (Å²) in [5, 5.41) is 5.35. The van der Waals surface area contributed by atoms with Gasteiger partial charge in [-0.1, -0.05) is 0 Å². The third-order valence-electron chi connectivity index (χ3n) is 4.22. The van der Waals surface area contributed by atoms with Crippen LogP contribution in [0, 0.1) is 0 Å². The van der Waals surface area contributed by atoms with E-state index in [4.69, 9.17) is 4.74 Å². The first-order valence-electron chi connectivity index (χ1n) is 9.00. The van der Waals surface area contributed by atoms with Crippen molar-refractivity contribution in [1.82, 2.24) is 15.5 Å². The number of ether oxygens (including phenoxy) is 1. The summed E-state index contributed by atoms with van der Waals surface area (Å²) in [6, 6.07) is 8.09. The number of methoxy groups -OCH3 is 1. The molecule has 0 aliphatic carbocycles. The highest BCUT2D eigenvalue weighted by Gasteiger charge is 2.21. The molecule has 2 rings (SSSR count). The van der Waals surface area contributed by atoms with E-state index < -0.39 is 17.4 Å². The van der Waals surface area contributed by atoms with Crippen molar-refractivity contribution in [2.45, 2.75) is 26.3 Å². The Morgan fingerprint density at radius 3 is 2.19 bits per heavy atom. The van der Waals surface area contributed by atoms with Crippen molar-refractivity contribution in [3.63, 3.8) is 0 Å². The quantitative estimate of drug-likeness (QED) is 0.760. The number of carbonyl (C=O) groups excluding carboxylic acids is 2. The van der Waals surface area contributed by atoms with Crippen molar-refractivity contribution in [3.05, 3.63) is 24.3 Å². The molecule has 144 valence electrons. The Balaban J connectivity index is 1.68. The fraction of sp³-hybridized carbons (Fsp3) is 0.579. The third-order valence-corrected chi connectivity index (χ3v) is 4.22. The summed E-state index contributed by atoms with van der Waals surface area (Å²) in [5.74, 6) is -0.294. The maximum absolute atomic E-state index is 11.8. The predicted octanol–water partition coefficient (Wildman–Crippen LogP) is 0.848. The van der Waals surface area contributed by atoms with Crippen LogP contribution in [-0.4, -0.2) is 68.6 Å². The molecule has 7 heteroatoms. The lowest BCUT2D eigenvalue weighted by atomic mass is 10.1. The van der Waals surface area contributed by atoms with E-state index >= 15 is 0 Å². The monoisotopic (exact) mass is 362 g/mol. The summed E-state index contributed by atoms with van der Waals surface area (Å²) in [4.78, 5) is 28.2. The molecule has 1 aliphatic heterocycles. The van der Waals surface area contributed by atoms with Gasteiger partial charge in [-0.2, -0.15) is 0 Å². The molecule has 1 saturated heterocycles. The second-order valence-corrected chi connectivity index (χ2v) is 7.49. The summed E-state index contributed by atoms with van der Waals surface area (Å²) in [7, 11) is 1.67. The van der Waals surface area contributed by atoms with E-state index in [-0.39, 0.29) is 0 Å². The lowest BCUT2D eigenvalue weighted by Gasteiger charge is -2.36. The highest BCUT2D eigenvalue weighted by atomic mass is 16.5. The Bertz CT molecular complexity index is 602. The van der Waals surface area contributed by atoms with Crippen molar-refractivity contribution in [1.29, 1.82) is 0 Å². The van der Waals surface area contributed by atoms with Gasteiger partial charge in [0, 0.05) is 50.5 Å². The topological polar surface area (TPSA) is 73.9 Å². The average Bonchev–Trinajstić information content (AvgIpc) is 2.61. The van der Waals surface area contributed by atoms with Crippen molar-refractivity contribution < 1.29 is 14.3 Å². The van der Waals surface area contributed by atoms with Crippen molar-refractivity contribution >= 4 is 17.5 Å². The number of anilines is 1. The minimum absolute atomic E-state index is 0.411. The maximum atomic E-state index is 11.8. The maximum Gasteiger partial charge on any atom is 0.309 e. The number of hydrogen-bond acceptors (Lipinski definition) is 5. The molecule has 0 spiro atoms. The number of carbonyl (C=O) groups is 2. The van der Waals surface area contributed by atoms with Crippen LogP contribution < -0.4 is 20.3 Å². The molecule has 1 aliphatic rings. The molecule has 0 bridgehead atoms. The average molecular weight is 362 g/mol. The van der Waals surface area contributed by atoms with E-state index in [1.807, 2.05) is 32.9 Å². The summed E-state index contributed by atoms with van der Waals surface area (Å²) in [5.41, 5.74) is 0.782. The molecule has 0 atom stereocenters. The Hall–Kier alpha value is -2.28. The number of hydrogen-bond donors (Lipinski definition) is 2. The van der Waals surface area contributed by atoms with E-state index in [1.54, 1.807) is 7.11 Å². The van der Waals surface area contributed by atoms with E-state index in [1.165, 1.54) is 5.69 Å². The SMILES string of the molecule is COc1ccc(N2CCN(CCNC(=O)C(=O)NC(C)(C)C)CC2)cc1. The fourth-order valence-corrected chi connectivity index (χ4v) is 2.83. The zero-order valence-corrected chi connectivity index (χ0v) is 16.2. The number of piperazine rings is 1. The zero-order valence-electron chi connectivity index (χ0n) is 16.2. The molecule has 1 fully saturated rings. The van der Waals surface area contributed by atoms with Crippen molar-refractivity contribution in [2.24, 2.45) is 0 Å². The van der Waals surface area contributed by atoms with Crippen molar-refractivity contribution in [2.75, 3.05) is 51.3 Å². The van der Waals surface area contributed by atoms with Crippen LogP contribution in [0.3, 0.4) is 0 Å². The summed E-state index contributed by atoms with van der Waals surface area (Å²) in [6.07, 6.45) is 0. The molecule has 1 heterocycles. The minimum Gasteiger partial charge on any atom is -0.497 e. The zero-order chi connectivity index (χ0) is 19.2. The predicted molar refractivity (Wildman–Crippen MR) is 103 cm³/mol. The van der Waals surface area contributed by atoms with Crippen LogP contribution in [-0.2, 0) is 9.59 Å². The van der Waals surface area contributed by atoms with Crippen LogP contribution in [0.4, 0.5) is 5.69 Å². The van der Waals surface area contributed by atoms with E-state index in [0.717, 1.165) is 38.5 Å². The van der Waals surface area contributed by atoms with Gasteiger partial charge in [0.05, 0.1) is 7.11 Å². The van der Waals surface area contributed by atoms with Crippen LogP contribution in [0.2, 0.25) is 0 Å². The Labute approximate surface area is 155 Å². The number of benzene rings is 1. The molecule has 26 heavy (non-hydrogen) atoms. The highest BCUT2D eigenvalue weighted by Crippen LogP contribution is 2.20. The second-order valence-electron chi connectivity index (χ2n) is 7.49. The van der Waals surface area contributed by atoms with E-state index in [2.05, 4.69) is 32.6 Å². The first-order chi connectivity index (χ1) is 12.3. The molecular weight excluding hydrogens is 332 g/mol. The first kappa shape index (κ1) is 20.0. The molecule has 1 aromatic carbocycles. The van der Waals surface area contributed by atoms with Crippen LogP contribution in [0.1, 0.15) is 20.8 Å². The van der Waals surface area contributed by atoms with Gasteiger partial charge in [-0.15, -0.1) is 0 Å². The molecule has 1 aromatic rings. The van der Waals surface area contributed by atoms with Gasteiger partial charge < -0.3 is 20.3 Å². The fourth-order valence-electron chi connectivity index (χ4n) is 2.83. The van der Waals surface area contributed by atoms with Gasteiger partial charge in [0.15, 0.2) is 0 Å². The van der Waals surface area contributed by atoms with E-state index in [0.29, 0.717) is 6.54 Å². The Morgan fingerprint density at radius 1 is 1.04 bits per heavy atom. The molecule has 0 saturated carbocycles. The van der Waals surface area contributed by atoms with Gasteiger partial charge in [-0.25, -0.2) is 0 Å². The molecule has 0 aromatic heterocycles. The highest BCUT2D eigenvalue weighted by molar-refractivity contribution is 6.35. The van der Waals surface area contributed by atoms with Gasteiger partial charge in [0.25, 0.3) is 0 Å². The van der Waals surface area contributed by atoms with Crippen LogP contribution in [0.15, 0.2) is 24.3 Å². The molecule has 2 N–H and O–H groups in total. The lowest BCUT2D eigenvalue weighted by Crippen LogP contribution is -2.51. The van der Waals surface area contributed by atoms with Crippen LogP contribution >= 0.6 is 0 Å². The summed E-state index contributed by atoms with van der Waals surface area (Å²) < 4.78 is 5.19. The van der Waals surface area contributed by atoms with Gasteiger partial charge in [0.1, 0.15) is 5.75 Å². The normalized spacial score (nSPS) is 15.5. The molecule has 0 unspecified atom stereocenters. The van der Waals surface area contributed by atoms with Crippen molar-refractivity contribution in [3.8, 4) is 5.75 Å². The standard InChI is InChI=1S/C19H30N4O3/c1-19(2,3)21-18(25)17(24)20-9-10-22-11-13-23(14-12-22)15-5-7-16(26-4)8-6-15/h5-8H,9-14H2,1-4H3,(H,20,24)(H,21,25). The Kier molecular flexibility index (Phi) is 6.85. The molecular formula is C19H30N4O3. The first-order valence-corrected chi connectivity index (χ1v) is 9.00. The van der Waals surface area contributed by atoms with Crippen LogP contribution in [0.5, 0.6) is 5.75 Å². The number of nitrogens with one attached hydrogen (secondary N) is 2. The lowest BCUT2D eigenvalue weighted by molar-refractivity contribution is -0.140. The van der Waals surface area contributed by atoms with Gasteiger partial charge in [-0.3, -0.25) is 14.5 Å². The smallest absolute Gasteiger partial charge is 0.309 e. The van der Waals surface area contributed by atoms with Gasteiger partial charge in [-0.05, 0) is 45.0 Å². The van der Waals surface area contributed by atoms with Gasteiger partial charge in [0.2, 0.25) is 0 Å². The summed E-state index contributed by atoms with van der Waals surface area (Å²) in [6.45, 7) is 10.5. The second kappa shape index (κ2) is 8.89. The minimum atomic E-state index is -0.582. The third kappa shape index (κ3) is 6.22. The molecule has 2 amide bonds. The molecule has 7 nitrogen and oxygen atoms in total. The summed E-state index contributed by atoms with van der Waals surface area (Å²) >= 11 is 0. The number of nitrogens with zero attached hydrogens (tertiary/aromatic N) is 2. The van der Waals surface area contributed by atoms with Gasteiger partial charge >= 0.3 is 11.8 Å². The Morgan fingerprint density at radius 2 is 1.65 bits per heavy atom. The largest absolute Gasteiger partial charge is 0.497 e. The van der Waals surface area contributed by atoms with E-state index in [9.17, 15) is 9.59 Å².